The molecule has 2 rings (SSSR count). The molecule has 4 nitrogen and oxygen atoms in total. The van der Waals surface area contributed by atoms with E-state index in [1.165, 1.54) is 11.1 Å². The summed E-state index contributed by atoms with van der Waals surface area (Å²) in [5.74, 6) is 0.922. The monoisotopic (exact) mass is 287 g/mol. The van der Waals surface area contributed by atoms with Gasteiger partial charge in [-0.1, -0.05) is 24.3 Å². The van der Waals surface area contributed by atoms with Crippen molar-refractivity contribution in [3.05, 3.63) is 47.3 Å². The number of aryl methyl sites for hydroxylation is 2. The summed E-state index contributed by atoms with van der Waals surface area (Å²) in [5, 5.41) is 3.45. The van der Waals surface area contributed by atoms with Crippen molar-refractivity contribution in [2.45, 2.75) is 33.2 Å². The van der Waals surface area contributed by atoms with Gasteiger partial charge in [-0.25, -0.2) is 4.98 Å². The Morgan fingerprint density at radius 2 is 2.05 bits per heavy atom. The van der Waals surface area contributed by atoms with Gasteiger partial charge in [-0.15, -0.1) is 0 Å². The lowest BCUT2D eigenvalue weighted by atomic mass is 10.1. The normalized spacial score (nSPS) is 12.4. The average Bonchev–Trinajstić information content (AvgIpc) is 2.82. The van der Waals surface area contributed by atoms with E-state index in [2.05, 4.69) is 59.2 Å². The highest BCUT2D eigenvalue weighted by molar-refractivity contribution is 5.31. The van der Waals surface area contributed by atoms with Gasteiger partial charge in [0.05, 0.1) is 18.3 Å². The van der Waals surface area contributed by atoms with E-state index in [4.69, 9.17) is 4.74 Å². The summed E-state index contributed by atoms with van der Waals surface area (Å²) in [6, 6.07) is 8.78. The molecule has 1 aromatic heterocycles. The molecule has 0 bridgehead atoms. The lowest BCUT2D eigenvalue weighted by molar-refractivity contribution is 0.163. The zero-order valence-electron chi connectivity index (χ0n) is 13.4. The molecule has 114 valence electrons. The zero-order chi connectivity index (χ0) is 15.2. The molecule has 0 aliphatic carbocycles. The summed E-state index contributed by atoms with van der Waals surface area (Å²) in [4.78, 5) is 4.56. The Hall–Kier alpha value is -1.81. The number of nitrogens with one attached hydrogen (secondary N) is 1. The second-order valence-corrected chi connectivity index (χ2v) is 5.52. The standard InChI is InChI=1S/C17H25N3O/c1-13-7-5-6-8-16(13)9-10-18-17-19-14(2)11-20(17)15(3)12-21-4/h5-8,11,15H,9-10,12H2,1-4H3,(H,18,19). The quantitative estimate of drug-likeness (QED) is 0.848. The molecule has 21 heavy (non-hydrogen) atoms. The Morgan fingerprint density at radius 1 is 1.29 bits per heavy atom. The third-order valence-corrected chi connectivity index (χ3v) is 3.67. The Balaban J connectivity index is 1.98. The molecule has 0 amide bonds. The first kappa shape index (κ1) is 15.6. The third-order valence-electron chi connectivity index (χ3n) is 3.67. The molecule has 2 aromatic rings. The molecular formula is C17H25N3O. The van der Waals surface area contributed by atoms with Gasteiger partial charge in [-0.3, -0.25) is 0 Å². The van der Waals surface area contributed by atoms with Crippen molar-refractivity contribution < 1.29 is 4.74 Å². The highest BCUT2D eigenvalue weighted by Gasteiger charge is 2.11. The summed E-state index contributed by atoms with van der Waals surface area (Å²) in [5.41, 5.74) is 3.74. The molecule has 0 spiro atoms. The van der Waals surface area contributed by atoms with Gasteiger partial charge in [-0.05, 0) is 38.3 Å². The number of anilines is 1. The van der Waals surface area contributed by atoms with Gasteiger partial charge in [0, 0.05) is 19.9 Å². The number of ether oxygens (including phenoxy) is 1. The van der Waals surface area contributed by atoms with Crippen LogP contribution in [0.1, 0.15) is 29.8 Å². The minimum Gasteiger partial charge on any atom is -0.383 e. The van der Waals surface area contributed by atoms with E-state index in [0.29, 0.717) is 6.61 Å². The first-order valence-electron chi connectivity index (χ1n) is 7.44. The van der Waals surface area contributed by atoms with E-state index in [1.54, 1.807) is 7.11 Å². The van der Waals surface area contributed by atoms with Crippen molar-refractivity contribution in [2.24, 2.45) is 0 Å². The summed E-state index contributed by atoms with van der Waals surface area (Å²) in [7, 11) is 1.73. The molecule has 4 heteroatoms. The Morgan fingerprint density at radius 3 is 2.76 bits per heavy atom. The molecule has 0 aliphatic heterocycles. The van der Waals surface area contributed by atoms with Crippen molar-refractivity contribution in [3.8, 4) is 0 Å². The van der Waals surface area contributed by atoms with Gasteiger partial charge >= 0.3 is 0 Å². The van der Waals surface area contributed by atoms with Crippen LogP contribution >= 0.6 is 0 Å². The van der Waals surface area contributed by atoms with Crippen LogP contribution in [0.2, 0.25) is 0 Å². The second kappa shape index (κ2) is 7.27. The molecule has 1 atom stereocenters. The van der Waals surface area contributed by atoms with Crippen LogP contribution < -0.4 is 5.32 Å². The lowest BCUT2D eigenvalue weighted by Crippen LogP contribution is -2.16. The molecular weight excluding hydrogens is 262 g/mol. The van der Waals surface area contributed by atoms with E-state index in [0.717, 1.165) is 24.6 Å². The van der Waals surface area contributed by atoms with E-state index in [9.17, 15) is 0 Å². The van der Waals surface area contributed by atoms with Crippen LogP contribution in [0.3, 0.4) is 0 Å². The molecule has 0 radical (unpaired) electrons. The van der Waals surface area contributed by atoms with Crippen molar-refractivity contribution >= 4 is 5.95 Å². The minimum atomic E-state index is 0.275. The smallest absolute Gasteiger partial charge is 0.203 e. The number of rotatable bonds is 7. The number of imidazole rings is 1. The predicted molar refractivity (Wildman–Crippen MR) is 86.9 cm³/mol. The minimum absolute atomic E-state index is 0.275. The van der Waals surface area contributed by atoms with Crippen LogP contribution in [-0.2, 0) is 11.2 Å². The largest absolute Gasteiger partial charge is 0.383 e. The zero-order valence-corrected chi connectivity index (χ0v) is 13.4. The number of hydrogen-bond acceptors (Lipinski definition) is 3. The van der Waals surface area contributed by atoms with Crippen molar-refractivity contribution in [2.75, 3.05) is 25.6 Å². The second-order valence-electron chi connectivity index (χ2n) is 5.52. The number of benzene rings is 1. The molecule has 0 fully saturated rings. The van der Waals surface area contributed by atoms with Gasteiger partial charge < -0.3 is 14.6 Å². The highest BCUT2D eigenvalue weighted by atomic mass is 16.5. The first-order chi connectivity index (χ1) is 10.1. The molecule has 1 unspecified atom stereocenters. The third kappa shape index (κ3) is 4.08. The first-order valence-corrected chi connectivity index (χ1v) is 7.44. The maximum Gasteiger partial charge on any atom is 0.203 e. The number of aromatic nitrogens is 2. The highest BCUT2D eigenvalue weighted by Crippen LogP contribution is 2.16. The maximum atomic E-state index is 5.24. The Kier molecular flexibility index (Phi) is 5.39. The van der Waals surface area contributed by atoms with Crippen molar-refractivity contribution in [1.29, 1.82) is 0 Å². The van der Waals surface area contributed by atoms with Crippen LogP contribution in [0, 0.1) is 13.8 Å². The molecule has 1 N–H and O–H groups in total. The van der Waals surface area contributed by atoms with Crippen LogP contribution in [0.5, 0.6) is 0 Å². The van der Waals surface area contributed by atoms with E-state index < -0.39 is 0 Å². The maximum absolute atomic E-state index is 5.24. The van der Waals surface area contributed by atoms with Crippen LogP contribution in [0.4, 0.5) is 5.95 Å². The lowest BCUT2D eigenvalue weighted by Gasteiger charge is -2.16. The molecule has 0 saturated carbocycles. The van der Waals surface area contributed by atoms with Gasteiger partial charge in [0.25, 0.3) is 0 Å². The summed E-state index contributed by atoms with van der Waals surface area (Å²) in [6.07, 6.45) is 3.07. The number of hydrogen-bond donors (Lipinski definition) is 1. The number of methoxy groups -OCH3 is 1. The van der Waals surface area contributed by atoms with E-state index in [-0.39, 0.29) is 6.04 Å². The Bertz CT molecular complexity index is 577. The molecule has 0 saturated heterocycles. The topological polar surface area (TPSA) is 39.1 Å². The van der Waals surface area contributed by atoms with Gasteiger partial charge in [0.1, 0.15) is 0 Å². The number of nitrogens with zero attached hydrogens (tertiary/aromatic N) is 2. The molecule has 1 heterocycles. The summed E-state index contributed by atoms with van der Waals surface area (Å²) < 4.78 is 7.38. The Labute approximate surface area is 127 Å². The van der Waals surface area contributed by atoms with E-state index >= 15 is 0 Å². The predicted octanol–water partition coefficient (Wildman–Crippen LogP) is 3.36. The van der Waals surface area contributed by atoms with Crippen molar-refractivity contribution in [3.63, 3.8) is 0 Å². The van der Waals surface area contributed by atoms with Gasteiger partial charge in [0.15, 0.2) is 0 Å². The SMILES string of the molecule is COCC(C)n1cc(C)nc1NCCc1ccccc1C. The summed E-state index contributed by atoms with van der Waals surface area (Å²) in [6.45, 7) is 7.87. The van der Waals surface area contributed by atoms with Gasteiger partial charge in [0.2, 0.25) is 5.95 Å². The fraction of sp³-hybridized carbons (Fsp3) is 0.471. The van der Waals surface area contributed by atoms with Crippen LogP contribution in [0.15, 0.2) is 30.5 Å². The average molecular weight is 287 g/mol. The summed E-state index contributed by atoms with van der Waals surface area (Å²) >= 11 is 0. The van der Waals surface area contributed by atoms with Crippen LogP contribution in [0.25, 0.3) is 0 Å². The fourth-order valence-electron chi connectivity index (χ4n) is 2.50. The van der Waals surface area contributed by atoms with Crippen LogP contribution in [-0.4, -0.2) is 29.8 Å². The van der Waals surface area contributed by atoms with Gasteiger partial charge in [-0.2, -0.15) is 0 Å². The van der Waals surface area contributed by atoms with Crippen molar-refractivity contribution in [1.82, 2.24) is 9.55 Å². The van der Waals surface area contributed by atoms with E-state index in [1.807, 2.05) is 6.92 Å². The fourth-order valence-corrected chi connectivity index (χ4v) is 2.50. The molecule has 1 aromatic carbocycles. The molecule has 0 aliphatic rings.